The Morgan fingerprint density at radius 3 is 2.64 bits per heavy atom. The summed E-state index contributed by atoms with van der Waals surface area (Å²) >= 11 is 0. The molecule has 0 saturated carbocycles. The molecule has 1 aromatic rings. The van der Waals surface area contributed by atoms with E-state index in [1.165, 1.54) is 0 Å². The van der Waals surface area contributed by atoms with Crippen molar-refractivity contribution in [3.05, 3.63) is 30.3 Å². The highest BCUT2D eigenvalue weighted by Gasteiger charge is 1.90. The maximum Gasteiger partial charge on any atom is 0.119 e. The highest BCUT2D eigenvalue weighted by molar-refractivity contribution is 5.20. The molecule has 0 fully saturated rings. The summed E-state index contributed by atoms with van der Waals surface area (Å²) in [5.74, 6) is 0.899. The Balaban J connectivity index is 1.99. The molecule has 0 atom stereocenters. The average molecular weight is 195 g/mol. The van der Waals surface area contributed by atoms with Crippen LogP contribution in [0.4, 0.5) is 0 Å². The predicted molar refractivity (Wildman–Crippen MR) is 56.5 cm³/mol. The molecule has 0 aliphatic rings. The molecule has 78 valence electrons. The van der Waals surface area contributed by atoms with Gasteiger partial charge in [-0.3, -0.25) is 0 Å². The van der Waals surface area contributed by atoms with E-state index in [0.29, 0.717) is 6.61 Å². The summed E-state index contributed by atoms with van der Waals surface area (Å²) in [6, 6.07) is 9.75. The van der Waals surface area contributed by atoms with E-state index in [1.807, 2.05) is 30.3 Å². The second kappa shape index (κ2) is 7.35. The highest BCUT2D eigenvalue weighted by Crippen LogP contribution is 2.07. The van der Waals surface area contributed by atoms with Gasteiger partial charge in [0.25, 0.3) is 0 Å². The molecule has 3 heteroatoms. The van der Waals surface area contributed by atoms with E-state index in [9.17, 15) is 0 Å². The Morgan fingerprint density at radius 1 is 1.14 bits per heavy atom. The average Bonchev–Trinajstić information content (AvgIpc) is 2.25. The van der Waals surface area contributed by atoms with E-state index in [1.54, 1.807) is 0 Å². The lowest BCUT2D eigenvalue weighted by Crippen LogP contribution is -2.22. The smallest absolute Gasteiger partial charge is 0.119 e. The summed E-state index contributed by atoms with van der Waals surface area (Å²) in [5.41, 5.74) is 0. The third kappa shape index (κ3) is 4.84. The Morgan fingerprint density at radius 2 is 1.93 bits per heavy atom. The van der Waals surface area contributed by atoms with E-state index in [-0.39, 0.29) is 6.61 Å². The van der Waals surface area contributed by atoms with Gasteiger partial charge in [-0.2, -0.15) is 0 Å². The summed E-state index contributed by atoms with van der Waals surface area (Å²) in [6.07, 6.45) is 0.797. The molecule has 1 rings (SSSR count). The molecule has 0 aliphatic carbocycles. The van der Waals surface area contributed by atoms with E-state index in [0.717, 1.165) is 25.3 Å². The van der Waals surface area contributed by atoms with Gasteiger partial charge in [0, 0.05) is 13.2 Å². The maximum absolute atomic E-state index is 8.53. The molecule has 0 radical (unpaired) electrons. The van der Waals surface area contributed by atoms with Gasteiger partial charge in [-0.05, 0) is 25.1 Å². The Kier molecular flexibility index (Phi) is 5.79. The third-order valence-electron chi connectivity index (χ3n) is 1.80. The summed E-state index contributed by atoms with van der Waals surface area (Å²) in [5, 5.41) is 11.7. The number of aliphatic hydroxyl groups is 1. The van der Waals surface area contributed by atoms with Crippen LogP contribution in [0.1, 0.15) is 6.42 Å². The monoisotopic (exact) mass is 195 g/mol. The van der Waals surface area contributed by atoms with Crippen LogP contribution in [0.25, 0.3) is 0 Å². The van der Waals surface area contributed by atoms with Gasteiger partial charge in [0.2, 0.25) is 0 Å². The fourth-order valence-corrected chi connectivity index (χ4v) is 1.09. The van der Waals surface area contributed by atoms with Crippen LogP contribution in [-0.2, 0) is 0 Å². The van der Waals surface area contributed by atoms with Crippen LogP contribution < -0.4 is 10.1 Å². The molecule has 14 heavy (non-hydrogen) atoms. The zero-order valence-electron chi connectivity index (χ0n) is 8.28. The van der Waals surface area contributed by atoms with Crippen LogP contribution in [0.15, 0.2) is 30.3 Å². The molecule has 1 aromatic carbocycles. The van der Waals surface area contributed by atoms with Crippen molar-refractivity contribution >= 4 is 0 Å². The van der Waals surface area contributed by atoms with Crippen LogP contribution in [0, 0.1) is 0 Å². The molecule has 0 saturated heterocycles. The Bertz CT molecular complexity index is 226. The number of aliphatic hydroxyl groups excluding tert-OH is 1. The van der Waals surface area contributed by atoms with E-state index < -0.39 is 0 Å². The lowest BCUT2D eigenvalue weighted by atomic mass is 10.3. The normalized spacial score (nSPS) is 10.1. The fourth-order valence-electron chi connectivity index (χ4n) is 1.09. The van der Waals surface area contributed by atoms with Crippen molar-refractivity contribution in [2.45, 2.75) is 6.42 Å². The van der Waals surface area contributed by atoms with Crippen LogP contribution in [0.2, 0.25) is 0 Å². The molecule has 2 N–H and O–H groups in total. The maximum atomic E-state index is 8.53. The molecule has 0 unspecified atom stereocenters. The molecule has 0 amide bonds. The van der Waals surface area contributed by atoms with Gasteiger partial charge in [-0.15, -0.1) is 0 Å². The number of rotatable bonds is 7. The first kappa shape index (κ1) is 11.0. The summed E-state index contributed by atoms with van der Waals surface area (Å²) < 4.78 is 5.46. The SMILES string of the molecule is OCCCNCCOc1ccccc1. The number of para-hydroxylation sites is 1. The fraction of sp³-hybridized carbons (Fsp3) is 0.455. The van der Waals surface area contributed by atoms with Crippen LogP contribution in [0.5, 0.6) is 5.75 Å². The zero-order valence-corrected chi connectivity index (χ0v) is 8.28. The quantitative estimate of drug-likeness (QED) is 0.639. The lowest BCUT2D eigenvalue weighted by Gasteiger charge is -2.06. The van der Waals surface area contributed by atoms with Crippen molar-refractivity contribution in [3.8, 4) is 5.75 Å². The van der Waals surface area contributed by atoms with Crippen molar-refractivity contribution in [1.82, 2.24) is 5.32 Å². The largest absolute Gasteiger partial charge is 0.492 e. The van der Waals surface area contributed by atoms with Gasteiger partial charge in [0.1, 0.15) is 12.4 Å². The topological polar surface area (TPSA) is 41.5 Å². The summed E-state index contributed by atoms with van der Waals surface area (Å²) in [7, 11) is 0. The van der Waals surface area contributed by atoms with Crippen molar-refractivity contribution < 1.29 is 9.84 Å². The van der Waals surface area contributed by atoms with Gasteiger partial charge < -0.3 is 15.2 Å². The van der Waals surface area contributed by atoms with Crippen molar-refractivity contribution in [3.63, 3.8) is 0 Å². The minimum absolute atomic E-state index is 0.243. The van der Waals surface area contributed by atoms with Gasteiger partial charge in [0.15, 0.2) is 0 Å². The second-order valence-electron chi connectivity index (χ2n) is 2.99. The zero-order chi connectivity index (χ0) is 10.1. The number of hydrogen-bond donors (Lipinski definition) is 2. The number of benzene rings is 1. The first-order valence-corrected chi connectivity index (χ1v) is 4.93. The number of ether oxygens (including phenoxy) is 1. The summed E-state index contributed by atoms with van der Waals surface area (Å²) in [6.45, 7) is 2.56. The predicted octanol–water partition coefficient (Wildman–Crippen LogP) is 1.04. The molecule has 0 aliphatic heterocycles. The molecular weight excluding hydrogens is 178 g/mol. The molecule has 3 nitrogen and oxygen atoms in total. The number of hydrogen-bond acceptors (Lipinski definition) is 3. The van der Waals surface area contributed by atoms with Gasteiger partial charge in [-0.1, -0.05) is 18.2 Å². The van der Waals surface area contributed by atoms with E-state index in [4.69, 9.17) is 9.84 Å². The Hall–Kier alpha value is -1.06. The second-order valence-corrected chi connectivity index (χ2v) is 2.99. The van der Waals surface area contributed by atoms with Gasteiger partial charge in [-0.25, -0.2) is 0 Å². The first-order chi connectivity index (χ1) is 6.93. The molecule has 0 spiro atoms. The molecular formula is C11H17NO2. The molecule has 0 aromatic heterocycles. The standard InChI is InChI=1S/C11H17NO2/c13-9-4-7-12-8-10-14-11-5-2-1-3-6-11/h1-3,5-6,12-13H,4,7-10H2. The van der Waals surface area contributed by atoms with Crippen molar-refractivity contribution in [2.24, 2.45) is 0 Å². The van der Waals surface area contributed by atoms with Crippen molar-refractivity contribution in [2.75, 3.05) is 26.3 Å². The highest BCUT2D eigenvalue weighted by atomic mass is 16.5. The minimum Gasteiger partial charge on any atom is -0.492 e. The number of nitrogens with one attached hydrogen (secondary N) is 1. The third-order valence-corrected chi connectivity index (χ3v) is 1.80. The first-order valence-electron chi connectivity index (χ1n) is 4.93. The van der Waals surface area contributed by atoms with Gasteiger partial charge >= 0.3 is 0 Å². The summed E-state index contributed by atoms with van der Waals surface area (Å²) in [4.78, 5) is 0. The van der Waals surface area contributed by atoms with E-state index >= 15 is 0 Å². The minimum atomic E-state index is 0.243. The lowest BCUT2D eigenvalue weighted by molar-refractivity contribution is 0.279. The van der Waals surface area contributed by atoms with E-state index in [2.05, 4.69) is 5.32 Å². The van der Waals surface area contributed by atoms with Crippen molar-refractivity contribution in [1.29, 1.82) is 0 Å². The van der Waals surface area contributed by atoms with Gasteiger partial charge in [0.05, 0.1) is 0 Å². The van der Waals surface area contributed by atoms with Crippen LogP contribution in [0.3, 0.4) is 0 Å². The molecule has 0 bridgehead atoms. The van der Waals surface area contributed by atoms with Crippen LogP contribution >= 0.6 is 0 Å². The molecule has 0 heterocycles. The Labute approximate surface area is 84.7 Å². The van der Waals surface area contributed by atoms with Crippen LogP contribution in [-0.4, -0.2) is 31.4 Å².